The maximum absolute atomic E-state index is 14.4. The van der Waals surface area contributed by atoms with E-state index in [1.165, 1.54) is 11.1 Å². The molecule has 0 aliphatic heterocycles. The summed E-state index contributed by atoms with van der Waals surface area (Å²) in [5.41, 5.74) is 5.74. The van der Waals surface area contributed by atoms with Crippen LogP contribution in [0, 0.1) is 25.5 Å². The van der Waals surface area contributed by atoms with Gasteiger partial charge in [-0.3, -0.25) is 0 Å². The summed E-state index contributed by atoms with van der Waals surface area (Å²) >= 11 is 0. The van der Waals surface area contributed by atoms with Crippen LogP contribution in [0.15, 0.2) is 60.7 Å². The van der Waals surface area contributed by atoms with Gasteiger partial charge in [0.05, 0.1) is 0 Å². The lowest BCUT2D eigenvalue weighted by Gasteiger charge is -2.08. The van der Waals surface area contributed by atoms with Gasteiger partial charge in [-0.25, -0.2) is 8.78 Å². The average molecular weight is 350 g/mol. The van der Waals surface area contributed by atoms with Gasteiger partial charge in [0.2, 0.25) is 0 Å². The third-order valence-corrected chi connectivity index (χ3v) is 4.86. The summed E-state index contributed by atoms with van der Waals surface area (Å²) < 4.78 is 28.0. The molecule has 0 heterocycles. The normalized spacial score (nSPS) is 10.9. The quantitative estimate of drug-likeness (QED) is 0.500. The summed E-state index contributed by atoms with van der Waals surface area (Å²) in [4.78, 5) is 0. The topological polar surface area (TPSA) is 0 Å². The number of aryl methyl sites for hydroxylation is 6. The lowest BCUT2D eigenvalue weighted by Crippen LogP contribution is -1.98. The van der Waals surface area contributed by atoms with Crippen molar-refractivity contribution in [3.8, 4) is 0 Å². The standard InChI is InChI=1S/C24H24F2/c1-17-3-6-19(7-4-17)11-13-22-14-12-21(16-24(22)26)10-9-20-8-5-18(2)23(25)15-20/h3-8,12,14-16H,9-11,13H2,1-2H3. The van der Waals surface area contributed by atoms with Gasteiger partial charge in [-0.2, -0.15) is 0 Å². The first-order valence-corrected chi connectivity index (χ1v) is 9.09. The summed E-state index contributed by atoms with van der Waals surface area (Å²) in [5.74, 6) is -0.329. The SMILES string of the molecule is Cc1ccc(CCc2ccc(CCc3ccc(C)c(F)c3)cc2F)cc1. The van der Waals surface area contributed by atoms with E-state index in [1.54, 1.807) is 25.1 Å². The summed E-state index contributed by atoms with van der Waals surface area (Å²) in [5, 5.41) is 0. The molecule has 0 aliphatic rings. The van der Waals surface area contributed by atoms with E-state index in [2.05, 4.69) is 31.2 Å². The Morgan fingerprint density at radius 3 is 1.73 bits per heavy atom. The van der Waals surface area contributed by atoms with Gasteiger partial charge in [0.25, 0.3) is 0 Å². The number of benzene rings is 3. The van der Waals surface area contributed by atoms with Crippen LogP contribution >= 0.6 is 0 Å². The van der Waals surface area contributed by atoms with Crippen LogP contribution in [0.2, 0.25) is 0 Å². The minimum absolute atomic E-state index is 0.148. The molecule has 0 bridgehead atoms. The van der Waals surface area contributed by atoms with Gasteiger partial charge < -0.3 is 0 Å². The maximum Gasteiger partial charge on any atom is 0.126 e. The molecular weight excluding hydrogens is 326 g/mol. The highest BCUT2D eigenvalue weighted by atomic mass is 19.1. The fourth-order valence-corrected chi connectivity index (χ4v) is 3.06. The van der Waals surface area contributed by atoms with Crippen molar-refractivity contribution < 1.29 is 8.78 Å². The van der Waals surface area contributed by atoms with E-state index in [0.29, 0.717) is 24.8 Å². The lowest BCUT2D eigenvalue weighted by atomic mass is 9.99. The molecule has 0 saturated heterocycles. The Balaban J connectivity index is 1.59. The van der Waals surface area contributed by atoms with Crippen LogP contribution in [0.1, 0.15) is 33.4 Å². The molecule has 0 atom stereocenters. The lowest BCUT2D eigenvalue weighted by molar-refractivity contribution is 0.605. The van der Waals surface area contributed by atoms with Gasteiger partial charge in [0, 0.05) is 0 Å². The molecular formula is C24H24F2. The largest absolute Gasteiger partial charge is 0.207 e. The van der Waals surface area contributed by atoms with Crippen molar-refractivity contribution in [3.63, 3.8) is 0 Å². The number of halogens is 2. The molecule has 134 valence electrons. The fraction of sp³-hybridized carbons (Fsp3) is 0.250. The Morgan fingerprint density at radius 2 is 1.12 bits per heavy atom. The molecule has 0 N–H and O–H groups in total. The minimum Gasteiger partial charge on any atom is -0.207 e. The highest BCUT2D eigenvalue weighted by Crippen LogP contribution is 2.17. The smallest absolute Gasteiger partial charge is 0.126 e. The molecule has 26 heavy (non-hydrogen) atoms. The molecule has 3 rings (SSSR count). The summed E-state index contributed by atoms with van der Waals surface area (Å²) in [6.45, 7) is 3.82. The Kier molecular flexibility index (Phi) is 5.82. The summed E-state index contributed by atoms with van der Waals surface area (Å²) in [6.07, 6.45) is 2.94. The zero-order chi connectivity index (χ0) is 18.5. The second-order valence-corrected chi connectivity index (χ2v) is 6.99. The van der Waals surface area contributed by atoms with Gasteiger partial charge >= 0.3 is 0 Å². The zero-order valence-corrected chi connectivity index (χ0v) is 15.4. The monoisotopic (exact) mass is 350 g/mol. The van der Waals surface area contributed by atoms with Gasteiger partial charge in [0.1, 0.15) is 11.6 Å². The second kappa shape index (κ2) is 8.27. The van der Waals surface area contributed by atoms with Crippen molar-refractivity contribution >= 4 is 0 Å². The summed E-state index contributed by atoms with van der Waals surface area (Å²) in [7, 11) is 0. The average Bonchev–Trinajstić information content (AvgIpc) is 2.63. The van der Waals surface area contributed by atoms with Crippen LogP contribution in [-0.4, -0.2) is 0 Å². The third-order valence-electron chi connectivity index (χ3n) is 4.86. The molecule has 3 aromatic rings. The van der Waals surface area contributed by atoms with Crippen LogP contribution in [0.25, 0.3) is 0 Å². The Bertz CT molecular complexity index is 879. The first-order chi connectivity index (χ1) is 12.5. The van der Waals surface area contributed by atoms with Gasteiger partial charge in [-0.15, -0.1) is 0 Å². The van der Waals surface area contributed by atoms with Crippen molar-refractivity contribution in [2.24, 2.45) is 0 Å². The van der Waals surface area contributed by atoms with E-state index in [0.717, 1.165) is 23.1 Å². The van der Waals surface area contributed by atoms with E-state index < -0.39 is 0 Å². The van der Waals surface area contributed by atoms with E-state index in [-0.39, 0.29) is 11.6 Å². The molecule has 0 fully saturated rings. The molecule has 0 unspecified atom stereocenters. The van der Waals surface area contributed by atoms with E-state index in [9.17, 15) is 8.78 Å². The van der Waals surface area contributed by atoms with Crippen molar-refractivity contribution in [1.82, 2.24) is 0 Å². The fourth-order valence-electron chi connectivity index (χ4n) is 3.06. The van der Waals surface area contributed by atoms with Crippen LogP contribution < -0.4 is 0 Å². The molecule has 0 nitrogen and oxygen atoms in total. The maximum atomic E-state index is 14.4. The highest BCUT2D eigenvalue weighted by molar-refractivity contribution is 5.29. The first kappa shape index (κ1) is 18.3. The van der Waals surface area contributed by atoms with Crippen LogP contribution in [-0.2, 0) is 25.7 Å². The van der Waals surface area contributed by atoms with Crippen molar-refractivity contribution in [2.75, 3.05) is 0 Å². The molecule has 2 heteroatoms. The molecule has 0 spiro atoms. The first-order valence-electron chi connectivity index (χ1n) is 9.09. The zero-order valence-electron chi connectivity index (χ0n) is 15.4. The van der Waals surface area contributed by atoms with E-state index >= 15 is 0 Å². The minimum atomic E-state index is -0.180. The highest BCUT2D eigenvalue weighted by Gasteiger charge is 2.06. The van der Waals surface area contributed by atoms with Crippen molar-refractivity contribution in [2.45, 2.75) is 39.5 Å². The second-order valence-electron chi connectivity index (χ2n) is 6.99. The van der Waals surface area contributed by atoms with Crippen LogP contribution in [0.4, 0.5) is 8.78 Å². The van der Waals surface area contributed by atoms with Gasteiger partial charge in [-0.05, 0) is 79.5 Å². The Labute approximate surface area is 154 Å². The van der Waals surface area contributed by atoms with Gasteiger partial charge in [-0.1, -0.05) is 54.1 Å². The molecule has 0 aliphatic carbocycles. The van der Waals surface area contributed by atoms with E-state index in [4.69, 9.17) is 0 Å². The number of hydrogen-bond donors (Lipinski definition) is 0. The summed E-state index contributed by atoms with van der Waals surface area (Å²) in [6, 6.07) is 19.2. The predicted octanol–water partition coefficient (Wildman–Crippen LogP) is 6.15. The number of hydrogen-bond acceptors (Lipinski definition) is 0. The van der Waals surface area contributed by atoms with Gasteiger partial charge in [0.15, 0.2) is 0 Å². The van der Waals surface area contributed by atoms with Crippen LogP contribution in [0.5, 0.6) is 0 Å². The number of rotatable bonds is 6. The predicted molar refractivity (Wildman–Crippen MR) is 104 cm³/mol. The van der Waals surface area contributed by atoms with E-state index in [1.807, 2.05) is 18.2 Å². The Hall–Kier alpha value is -2.48. The molecule has 0 saturated carbocycles. The van der Waals surface area contributed by atoms with Crippen LogP contribution in [0.3, 0.4) is 0 Å². The molecule has 0 aromatic heterocycles. The molecule has 0 amide bonds. The van der Waals surface area contributed by atoms with Crippen molar-refractivity contribution in [1.29, 1.82) is 0 Å². The molecule has 0 radical (unpaired) electrons. The third kappa shape index (κ3) is 4.78. The Morgan fingerprint density at radius 1 is 0.577 bits per heavy atom. The molecule has 3 aromatic carbocycles. The van der Waals surface area contributed by atoms with Crippen molar-refractivity contribution in [3.05, 3.63) is 106 Å².